The van der Waals surface area contributed by atoms with Crippen molar-refractivity contribution < 1.29 is 4.74 Å². The van der Waals surface area contributed by atoms with Gasteiger partial charge in [0, 0.05) is 0 Å². The third-order valence-electron chi connectivity index (χ3n) is 1.17. The van der Waals surface area contributed by atoms with Crippen molar-refractivity contribution >= 4 is 9.90 Å². The van der Waals surface area contributed by atoms with E-state index in [1.807, 2.05) is 51.1 Å². The van der Waals surface area contributed by atoms with E-state index < -0.39 is 0 Å². The van der Waals surface area contributed by atoms with Gasteiger partial charge in [0.2, 0.25) is 0 Å². The van der Waals surface area contributed by atoms with Crippen molar-refractivity contribution in [3.8, 4) is 5.75 Å². The molecule has 0 radical (unpaired) electrons. The molecule has 0 bridgehead atoms. The minimum Gasteiger partial charge on any atom is -0.488 e. The Morgan fingerprint density at radius 2 is 1.50 bits per heavy atom. The second-order valence-electron chi connectivity index (χ2n) is 3.53. The molecule has 0 aliphatic rings. The first-order chi connectivity index (χ1) is 5.08. The van der Waals surface area contributed by atoms with Crippen LogP contribution in [0.25, 0.3) is 0 Å². The zero-order valence-electron chi connectivity index (χ0n) is 8.00. The van der Waals surface area contributed by atoms with Gasteiger partial charge in [0.1, 0.15) is 11.4 Å². The van der Waals surface area contributed by atoms with Crippen LogP contribution in [0.2, 0.25) is 0 Å². The van der Waals surface area contributed by atoms with Crippen molar-refractivity contribution in [1.82, 2.24) is 0 Å². The van der Waals surface area contributed by atoms with Gasteiger partial charge in [-0.1, -0.05) is 18.2 Å². The van der Waals surface area contributed by atoms with Crippen molar-refractivity contribution in [2.45, 2.75) is 26.4 Å². The molecule has 1 unspecified atom stereocenters. The van der Waals surface area contributed by atoms with Gasteiger partial charge in [0.25, 0.3) is 0 Å². The number of hydrogen-bond acceptors (Lipinski definition) is 1. The van der Waals surface area contributed by atoms with Crippen molar-refractivity contribution in [3.63, 3.8) is 0 Å². The van der Waals surface area contributed by atoms with Gasteiger partial charge in [0.15, 0.2) is 0 Å². The smallest absolute Gasteiger partial charge is 0.120 e. The highest BCUT2D eigenvalue weighted by Crippen LogP contribution is 2.16. The van der Waals surface area contributed by atoms with Gasteiger partial charge in [-0.2, -0.15) is 9.90 Å². The molecule has 0 saturated carbocycles. The summed E-state index contributed by atoms with van der Waals surface area (Å²) in [6.07, 6.45) is 0. The third-order valence-corrected chi connectivity index (χ3v) is 1.17. The number of ether oxygens (including phenoxy) is 1. The Bertz CT molecular complexity index is 213. The van der Waals surface area contributed by atoms with E-state index in [1.165, 1.54) is 0 Å². The lowest BCUT2D eigenvalue weighted by Crippen LogP contribution is -2.22. The van der Waals surface area contributed by atoms with Crippen LogP contribution in [0.5, 0.6) is 5.75 Å². The molecular weight excluding hydrogens is 167 g/mol. The normalized spacial score (nSPS) is 10.2. The number of para-hydroxylation sites is 1. The summed E-state index contributed by atoms with van der Waals surface area (Å²) in [5.41, 5.74) is -0.0959. The Hall–Kier alpha value is -0.550. The van der Waals surface area contributed by atoms with Gasteiger partial charge in [-0.15, -0.1) is 0 Å². The van der Waals surface area contributed by atoms with Crippen LogP contribution in [0.1, 0.15) is 20.8 Å². The van der Waals surface area contributed by atoms with Crippen LogP contribution in [0.15, 0.2) is 30.3 Å². The summed E-state index contributed by atoms with van der Waals surface area (Å²) >= 11 is 0. The molecule has 0 aromatic heterocycles. The minimum atomic E-state index is -0.0959. The largest absolute Gasteiger partial charge is 0.488 e. The maximum absolute atomic E-state index is 5.60. The maximum Gasteiger partial charge on any atom is 0.120 e. The SMILES string of the molecule is CC(C)(C)Oc1ccccc1.P. The first-order valence-electron chi connectivity index (χ1n) is 3.82. The van der Waals surface area contributed by atoms with Crippen LogP contribution < -0.4 is 4.74 Å². The Morgan fingerprint density at radius 3 is 1.92 bits per heavy atom. The van der Waals surface area contributed by atoms with E-state index >= 15 is 0 Å². The van der Waals surface area contributed by atoms with E-state index in [4.69, 9.17) is 4.74 Å². The lowest BCUT2D eigenvalue weighted by molar-refractivity contribution is 0.131. The predicted molar refractivity (Wildman–Crippen MR) is 57.9 cm³/mol. The monoisotopic (exact) mass is 184 g/mol. The van der Waals surface area contributed by atoms with Gasteiger partial charge in [-0.25, -0.2) is 0 Å². The molecule has 1 aromatic rings. The first kappa shape index (κ1) is 11.4. The fourth-order valence-corrected chi connectivity index (χ4v) is 0.842. The lowest BCUT2D eigenvalue weighted by Gasteiger charge is -2.20. The van der Waals surface area contributed by atoms with E-state index in [-0.39, 0.29) is 15.5 Å². The molecule has 1 atom stereocenters. The molecular formula is C10H17OP. The predicted octanol–water partition coefficient (Wildman–Crippen LogP) is 2.92. The zero-order chi connectivity index (χ0) is 8.32. The van der Waals surface area contributed by atoms with Gasteiger partial charge in [-0.3, -0.25) is 0 Å². The highest BCUT2D eigenvalue weighted by molar-refractivity contribution is 6.92. The molecule has 1 rings (SSSR count). The van der Waals surface area contributed by atoms with E-state index in [0.717, 1.165) is 5.75 Å². The topological polar surface area (TPSA) is 9.23 Å². The van der Waals surface area contributed by atoms with Crippen LogP contribution in [0.4, 0.5) is 0 Å². The van der Waals surface area contributed by atoms with Crippen LogP contribution in [-0.4, -0.2) is 5.60 Å². The van der Waals surface area contributed by atoms with Crippen LogP contribution in [0, 0.1) is 0 Å². The molecule has 1 nitrogen and oxygen atoms in total. The molecule has 0 aliphatic heterocycles. The van der Waals surface area contributed by atoms with E-state index in [9.17, 15) is 0 Å². The molecule has 0 spiro atoms. The van der Waals surface area contributed by atoms with Gasteiger partial charge in [0.05, 0.1) is 0 Å². The van der Waals surface area contributed by atoms with Crippen molar-refractivity contribution in [1.29, 1.82) is 0 Å². The Morgan fingerprint density at radius 1 is 1.00 bits per heavy atom. The summed E-state index contributed by atoms with van der Waals surface area (Å²) in [5.74, 6) is 0.931. The van der Waals surface area contributed by atoms with E-state index in [1.54, 1.807) is 0 Å². The molecule has 0 aliphatic carbocycles. The van der Waals surface area contributed by atoms with Crippen molar-refractivity contribution in [3.05, 3.63) is 30.3 Å². The highest BCUT2D eigenvalue weighted by atomic mass is 31.0. The summed E-state index contributed by atoms with van der Waals surface area (Å²) in [7, 11) is 0. The molecule has 0 saturated heterocycles. The Labute approximate surface area is 77.8 Å². The standard InChI is InChI=1S/C10H14O.H3P/c1-10(2,3)11-9-7-5-4-6-8-9;/h4-8H,1-3H3;1H3. The van der Waals surface area contributed by atoms with Crippen molar-refractivity contribution in [2.24, 2.45) is 0 Å². The average molecular weight is 184 g/mol. The van der Waals surface area contributed by atoms with E-state index in [2.05, 4.69) is 0 Å². The van der Waals surface area contributed by atoms with Crippen LogP contribution in [-0.2, 0) is 0 Å². The second-order valence-corrected chi connectivity index (χ2v) is 3.53. The summed E-state index contributed by atoms with van der Waals surface area (Å²) in [4.78, 5) is 0. The number of benzene rings is 1. The third kappa shape index (κ3) is 4.35. The fourth-order valence-electron chi connectivity index (χ4n) is 0.842. The van der Waals surface area contributed by atoms with Crippen LogP contribution in [0.3, 0.4) is 0 Å². The summed E-state index contributed by atoms with van der Waals surface area (Å²) in [6.45, 7) is 6.12. The zero-order valence-corrected chi connectivity index (χ0v) is 9.42. The Kier molecular flexibility index (Phi) is 4.26. The summed E-state index contributed by atoms with van der Waals surface area (Å²) in [5, 5.41) is 0. The molecule has 0 heterocycles. The van der Waals surface area contributed by atoms with E-state index in [0.29, 0.717) is 0 Å². The average Bonchev–Trinajstić information content (AvgIpc) is 1.85. The summed E-state index contributed by atoms with van der Waals surface area (Å²) < 4.78 is 5.60. The minimum absolute atomic E-state index is 0. The molecule has 0 fully saturated rings. The first-order valence-corrected chi connectivity index (χ1v) is 3.82. The maximum atomic E-state index is 5.60. The van der Waals surface area contributed by atoms with Gasteiger partial charge in [-0.05, 0) is 32.9 Å². The van der Waals surface area contributed by atoms with Crippen molar-refractivity contribution in [2.75, 3.05) is 0 Å². The molecule has 0 N–H and O–H groups in total. The van der Waals surface area contributed by atoms with Crippen LogP contribution >= 0.6 is 9.90 Å². The molecule has 68 valence electrons. The molecule has 0 amide bonds. The summed E-state index contributed by atoms with van der Waals surface area (Å²) in [6, 6.07) is 9.86. The fraction of sp³-hybridized carbons (Fsp3) is 0.400. The van der Waals surface area contributed by atoms with Gasteiger partial charge >= 0.3 is 0 Å². The molecule has 12 heavy (non-hydrogen) atoms. The lowest BCUT2D eigenvalue weighted by atomic mass is 10.2. The number of rotatable bonds is 1. The molecule has 2 heteroatoms. The van der Waals surface area contributed by atoms with Gasteiger partial charge < -0.3 is 4.74 Å². The number of hydrogen-bond donors (Lipinski definition) is 0. The second kappa shape index (κ2) is 4.47. The Balaban J connectivity index is 0.00000121. The highest BCUT2D eigenvalue weighted by Gasteiger charge is 2.10. The molecule has 1 aromatic carbocycles. The quantitative estimate of drug-likeness (QED) is 0.610.